The van der Waals surface area contributed by atoms with E-state index >= 15 is 0 Å². The standard InChI is InChI=1S/C20H15F3N8O3/c1-34-16-8-7-15(27-28-16)31-17(20(21,22)23)12(10-24-31)18(32)29-30-19(33)14-9-13(25-26-14)11-5-3-2-4-6-11/h2-10H,1H3,(H,25,26)(H,29,32)(H,30,33). The predicted octanol–water partition coefficient (Wildman–Crippen LogP) is 2.15. The zero-order chi connectivity index (χ0) is 24.3. The molecule has 0 fully saturated rings. The van der Waals surface area contributed by atoms with Crippen LogP contribution >= 0.6 is 0 Å². The summed E-state index contributed by atoms with van der Waals surface area (Å²) in [4.78, 5) is 24.8. The topological polar surface area (TPSA) is 140 Å². The second-order valence-corrected chi connectivity index (χ2v) is 6.69. The van der Waals surface area contributed by atoms with Gasteiger partial charge in [0.15, 0.2) is 11.5 Å². The number of nitrogens with zero attached hydrogens (tertiary/aromatic N) is 5. The summed E-state index contributed by atoms with van der Waals surface area (Å²) in [5, 5.41) is 17.3. The number of carbonyl (C=O) groups is 2. The third-order valence-electron chi connectivity index (χ3n) is 4.52. The van der Waals surface area contributed by atoms with Crippen molar-refractivity contribution in [1.29, 1.82) is 0 Å². The Morgan fingerprint density at radius 2 is 1.76 bits per heavy atom. The summed E-state index contributed by atoms with van der Waals surface area (Å²) in [6, 6.07) is 12.9. The lowest BCUT2D eigenvalue weighted by Crippen LogP contribution is -2.42. The Labute approximate surface area is 188 Å². The van der Waals surface area contributed by atoms with E-state index in [4.69, 9.17) is 4.74 Å². The van der Waals surface area contributed by atoms with Crippen LogP contribution in [0.25, 0.3) is 17.1 Å². The van der Waals surface area contributed by atoms with E-state index in [0.717, 1.165) is 5.56 Å². The van der Waals surface area contributed by atoms with E-state index < -0.39 is 29.2 Å². The number of hydrogen-bond acceptors (Lipinski definition) is 7. The van der Waals surface area contributed by atoms with Crippen molar-refractivity contribution in [2.24, 2.45) is 0 Å². The molecule has 0 saturated carbocycles. The highest BCUT2D eigenvalue weighted by Gasteiger charge is 2.41. The molecule has 0 spiro atoms. The first-order valence-corrected chi connectivity index (χ1v) is 9.52. The molecule has 14 heteroatoms. The number of aromatic amines is 1. The molecule has 174 valence electrons. The number of alkyl halides is 3. The maximum Gasteiger partial charge on any atom is 0.434 e. The Balaban J connectivity index is 1.51. The number of hydrogen-bond donors (Lipinski definition) is 3. The molecule has 3 N–H and O–H groups in total. The summed E-state index contributed by atoms with van der Waals surface area (Å²) >= 11 is 0. The van der Waals surface area contributed by atoms with Gasteiger partial charge < -0.3 is 4.74 Å². The number of carbonyl (C=O) groups excluding carboxylic acids is 2. The van der Waals surface area contributed by atoms with Crippen molar-refractivity contribution in [1.82, 2.24) is 41.0 Å². The molecule has 1 aromatic carbocycles. The lowest BCUT2D eigenvalue weighted by molar-refractivity contribution is -0.143. The van der Waals surface area contributed by atoms with Crippen molar-refractivity contribution in [2.75, 3.05) is 7.11 Å². The van der Waals surface area contributed by atoms with Crippen LogP contribution < -0.4 is 15.6 Å². The molecule has 0 aliphatic carbocycles. The number of hydrazine groups is 1. The highest BCUT2D eigenvalue weighted by atomic mass is 19.4. The summed E-state index contributed by atoms with van der Waals surface area (Å²) in [6.45, 7) is 0. The molecule has 34 heavy (non-hydrogen) atoms. The van der Waals surface area contributed by atoms with Gasteiger partial charge >= 0.3 is 6.18 Å². The van der Waals surface area contributed by atoms with Gasteiger partial charge in [0, 0.05) is 11.6 Å². The monoisotopic (exact) mass is 472 g/mol. The van der Waals surface area contributed by atoms with Gasteiger partial charge in [-0.1, -0.05) is 30.3 Å². The number of methoxy groups -OCH3 is 1. The summed E-state index contributed by atoms with van der Waals surface area (Å²) in [6.07, 6.45) is -4.26. The van der Waals surface area contributed by atoms with Crippen LogP contribution in [0.5, 0.6) is 5.88 Å². The van der Waals surface area contributed by atoms with Crippen molar-refractivity contribution in [2.45, 2.75) is 6.18 Å². The number of aromatic nitrogens is 6. The van der Waals surface area contributed by atoms with E-state index in [9.17, 15) is 22.8 Å². The van der Waals surface area contributed by atoms with Crippen LogP contribution in [0.3, 0.4) is 0 Å². The molecule has 4 aromatic rings. The molecule has 4 rings (SSSR count). The van der Waals surface area contributed by atoms with Crippen molar-refractivity contribution in [3.8, 4) is 23.0 Å². The van der Waals surface area contributed by atoms with E-state index in [2.05, 4.69) is 25.5 Å². The summed E-state index contributed by atoms with van der Waals surface area (Å²) in [5.74, 6) is -2.26. The molecule has 2 amide bonds. The molecule has 3 heterocycles. The molecule has 0 aliphatic heterocycles. The minimum absolute atomic E-state index is 0.0144. The van der Waals surface area contributed by atoms with Crippen molar-refractivity contribution in [3.05, 3.63) is 71.7 Å². The van der Waals surface area contributed by atoms with Gasteiger partial charge in [0.05, 0.1) is 24.6 Å². The maximum atomic E-state index is 13.7. The minimum Gasteiger partial charge on any atom is -0.480 e. The van der Waals surface area contributed by atoms with Crippen LogP contribution in [-0.2, 0) is 6.18 Å². The van der Waals surface area contributed by atoms with Crippen LogP contribution in [0.1, 0.15) is 26.5 Å². The molecular formula is C20H15F3N8O3. The second kappa shape index (κ2) is 9.01. The van der Waals surface area contributed by atoms with Crippen LogP contribution in [0.4, 0.5) is 13.2 Å². The number of ether oxygens (including phenoxy) is 1. The fraction of sp³-hybridized carbons (Fsp3) is 0.100. The lowest BCUT2D eigenvalue weighted by atomic mass is 10.1. The molecule has 0 bridgehead atoms. The van der Waals surface area contributed by atoms with E-state index in [0.29, 0.717) is 16.6 Å². The molecular weight excluding hydrogens is 457 g/mol. The maximum absolute atomic E-state index is 13.7. The highest BCUT2D eigenvalue weighted by Crippen LogP contribution is 2.33. The number of nitrogens with one attached hydrogen (secondary N) is 3. The number of halogens is 3. The zero-order valence-electron chi connectivity index (χ0n) is 17.3. The molecule has 11 nitrogen and oxygen atoms in total. The Hall–Kier alpha value is -4.75. The third kappa shape index (κ3) is 4.55. The molecule has 3 aromatic heterocycles. The summed E-state index contributed by atoms with van der Waals surface area (Å²) < 4.78 is 46.5. The van der Waals surface area contributed by atoms with E-state index in [1.807, 2.05) is 16.9 Å². The van der Waals surface area contributed by atoms with Gasteiger partial charge in [-0.25, -0.2) is 4.68 Å². The molecule has 0 unspecified atom stereocenters. The van der Waals surface area contributed by atoms with Crippen LogP contribution in [-0.4, -0.2) is 49.1 Å². The first kappa shape index (κ1) is 22.4. The first-order valence-electron chi connectivity index (χ1n) is 9.52. The van der Waals surface area contributed by atoms with E-state index in [1.54, 1.807) is 24.3 Å². The van der Waals surface area contributed by atoms with Gasteiger partial charge in [-0.15, -0.1) is 10.2 Å². The van der Waals surface area contributed by atoms with Crippen LogP contribution in [0, 0.1) is 0 Å². The Morgan fingerprint density at radius 1 is 1.03 bits per heavy atom. The van der Waals surface area contributed by atoms with E-state index in [1.165, 1.54) is 25.3 Å². The van der Waals surface area contributed by atoms with Crippen molar-refractivity contribution < 1.29 is 27.5 Å². The van der Waals surface area contributed by atoms with Gasteiger partial charge in [-0.2, -0.15) is 23.4 Å². The molecule has 0 aliphatic rings. The number of H-pyrrole nitrogens is 1. The quantitative estimate of drug-likeness (QED) is 0.378. The number of benzene rings is 1. The summed E-state index contributed by atoms with van der Waals surface area (Å²) in [5.41, 5.74) is 2.96. The van der Waals surface area contributed by atoms with Gasteiger partial charge in [0.1, 0.15) is 5.69 Å². The number of rotatable bonds is 5. The van der Waals surface area contributed by atoms with Gasteiger partial charge in [0.2, 0.25) is 5.88 Å². The Morgan fingerprint density at radius 3 is 2.41 bits per heavy atom. The SMILES string of the molecule is COc1ccc(-n2ncc(C(=O)NNC(=O)c3cc(-c4ccccc4)n[nH]3)c2C(F)(F)F)nn1. The second-order valence-electron chi connectivity index (χ2n) is 6.69. The smallest absolute Gasteiger partial charge is 0.434 e. The first-order chi connectivity index (χ1) is 16.3. The van der Waals surface area contributed by atoms with E-state index in [-0.39, 0.29) is 17.4 Å². The summed E-state index contributed by atoms with van der Waals surface area (Å²) in [7, 11) is 1.32. The lowest BCUT2D eigenvalue weighted by Gasteiger charge is -2.12. The third-order valence-corrected chi connectivity index (χ3v) is 4.52. The fourth-order valence-electron chi connectivity index (χ4n) is 2.94. The van der Waals surface area contributed by atoms with Crippen LogP contribution in [0.2, 0.25) is 0 Å². The normalized spacial score (nSPS) is 11.2. The number of amides is 2. The predicted molar refractivity (Wildman–Crippen MR) is 110 cm³/mol. The molecule has 0 atom stereocenters. The highest BCUT2D eigenvalue weighted by molar-refractivity contribution is 5.99. The Kier molecular flexibility index (Phi) is 5.95. The van der Waals surface area contributed by atoms with Gasteiger partial charge in [-0.05, 0) is 12.1 Å². The van der Waals surface area contributed by atoms with Crippen LogP contribution in [0.15, 0.2) is 54.7 Å². The minimum atomic E-state index is -4.97. The average Bonchev–Trinajstić information content (AvgIpc) is 3.51. The zero-order valence-corrected chi connectivity index (χ0v) is 17.3. The van der Waals surface area contributed by atoms with Gasteiger partial charge in [-0.3, -0.25) is 25.5 Å². The fourth-order valence-corrected chi connectivity index (χ4v) is 2.94. The average molecular weight is 472 g/mol. The molecule has 0 radical (unpaired) electrons. The largest absolute Gasteiger partial charge is 0.480 e. The molecule has 0 saturated heterocycles. The van der Waals surface area contributed by atoms with Crippen molar-refractivity contribution >= 4 is 11.8 Å². The van der Waals surface area contributed by atoms with Crippen molar-refractivity contribution in [3.63, 3.8) is 0 Å². The van der Waals surface area contributed by atoms with Gasteiger partial charge in [0.25, 0.3) is 11.8 Å². The Bertz CT molecular complexity index is 1320.